The Bertz CT molecular complexity index is 454. The van der Waals surface area contributed by atoms with E-state index in [1.165, 1.54) is 25.3 Å². The molecular formula is C13H20N4O2. The van der Waals surface area contributed by atoms with Crippen LogP contribution in [0.25, 0.3) is 0 Å². The van der Waals surface area contributed by atoms with Crippen LogP contribution in [0.15, 0.2) is 12.1 Å². The second-order valence-corrected chi connectivity index (χ2v) is 5.41. The molecule has 6 heteroatoms. The van der Waals surface area contributed by atoms with Gasteiger partial charge < -0.3 is 14.9 Å². The predicted molar refractivity (Wildman–Crippen MR) is 72.5 cm³/mol. The van der Waals surface area contributed by atoms with Gasteiger partial charge in [-0.1, -0.05) is 0 Å². The summed E-state index contributed by atoms with van der Waals surface area (Å²) in [6.45, 7) is 0.876. The summed E-state index contributed by atoms with van der Waals surface area (Å²) in [6.07, 6.45) is 3.63. The molecule has 0 atom stereocenters. The molecule has 2 rings (SSSR count). The van der Waals surface area contributed by atoms with Crippen LogP contribution in [0, 0.1) is 0 Å². The Hall–Kier alpha value is -1.69. The van der Waals surface area contributed by atoms with Gasteiger partial charge in [0.05, 0.1) is 0 Å². The lowest BCUT2D eigenvalue weighted by molar-refractivity contribution is 0.0678. The van der Waals surface area contributed by atoms with E-state index >= 15 is 0 Å². The monoisotopic (exact) mass is 264 g/mol. The Labute approximate surface area is 113 Å². The third-order valence-electron chi connectivity index (χ3n) is 4.03. The summed E-state index contributed by atoms with van der Waals surface area (Å²) in [5.74, 6) is -0.344. The summed E-state index contributed by atoms with van der Waals surface area (Å²) in [4.78, 5) is 15.0. The molecule has 0 aliphatic heterocycles. The van der Waals surface area contributed by atoms with E-state index in [0.717, 1.165) is 6.54 Å². The molecular weight excluding hydrogens is 244 g/mol. The summed E-state index contributed by atoms with van der Waals surface area (Å²) in [5, 5.41) is 16.5. The van der Waals surface area contributed by atoms with Gasteiger partial charge in [-0.15, -0.1) is 10.2 Å². The smallest absolute Gasteiger partial charge is 0.356 e. The van der Waals surface area contributed by atoms with Crippen LogP contribution in [0.1, 0.15) is 29.8 Å². The minimum atomic E-state index is -1.05. The second kappa shape index (κ2) is 5.13. The van der Waals surface area contributed by atoms with E-state index < -0.39 is 5.97 Å². The quantitative estimate of drug-likeness (QED) is 0.858. The van der Waals surface area contributed by atoms with Crippen molar-refractivity contribution in [2.45, 2.75) is 24.8 Å². The summed E-state index contributed by atoms with van der Waals surface area (Å²) < 4.78 is 0. The highest BCUT2D eigenvalue weighted by Gasteiger charge is 2.40. The minimum Gasteiger partial charge on any atom is -0.476 e. The highest BCUT2D eigenvalue weighted by atomic mass is 16.4. The zero-order valence-corrected chi connectivity index (χ0v) is 11.6. The number of carboxylic acids is 1. The number of anilines is 1. The van der Waals surface area contributed by atoms with E-state index in [4.69, 9.17) is 5.11 Å². The second-order valence-electron chi connectivity index (χ2n) is 5.41. The first-order valence-electron chi connectivity index (χ1n) is 6.40. The molecule has 1 aliphatic carbocycles. The number of hydrogen-bond acceptors (Lipinski definition) is 5. The first-order valence-corrected chi connectivity index (χ1v) is 6.40. The first kappa shape index (κ1) is 13.7. The number of carboxylic acid groups (broad SMARTS) is 1. The number of rotatable bonds is 5. The van der Waals surface area contributed by atoms with Crippen LogP contribution in [-0.2, 0) is 0 Å². The fourth-order valence-electron chi connectivity index (χ4n) is 2.50. The van der Waals surface area contributed by atoms with Crippen LogP contribution in [0.5, 0.6) is 0 Å². The van der Waals surface area contributed by atoms with Crippen LogP contribution in [0.3, 0.4) is 0 Å². The SMILES string of the molecule is CN(CC1(N(C)C)CCC1)c1ccc(C(=O)O)nn1. The fourth-order valence-corrected chi connectivity index (χ4v) is 2.50. The van der Waals surface area contributed by atoms with Gasteiger partial charge in [0.1, 0.15) is 0 Å². The van der Waals surface area contributed by atoms with E-state index in [1.54, 1.807) is 6.07 Å². The lowest BCUT2D eigenvalue weighted by atomic mass is 9.75. The van der Waals surface area contributed by atoms with Crippen LogP contribution >= 0.6 is 0 Å². The third kappa shape index (κ3) is 2.68. The highest BCUT2D eigenvalue weighted by molar-refractivity contribution is 5.85. The topological polar surface area (TPSA) is 69.6 Å². The average Bonchev–Trinajstić information content (AvgIpc) is 2.33. The molecule has 0 unspecified atom stereocenters. The first-order chi connectivity index (χ1) is 8.94. The van der Waals surface area contributed by atoms with Crippen LogP contribution in [0.4, 0.5) is 5.82 Å². The molecule has 1 aliphatic rings. The van der Waals surface area contributed by atoms with Gasteiger partial charge in [0, 0.05) is 19.1 Å². The van der Waals surface area contributed by atoms with Crippen molar-refractivity contribution in [2.75, 3.05) is 32.6 Å². The third-order valence-corrected chi connectivity index (χ3v) is 4.03. The molecule has 0 aromatic carbocycles. The van der Waals surface area contributed by atoms with Crippen molar-refractivity contribution in [3.05, 3.63) is 17.8 Å². The van der Waals surface area contributed by atoms with Gasteiger partial charge >= 0.3 is 5.97 Å². The van der Waals surface area contributed by atoms with E-state index in [1.807, 2.05) is 11.9 Å². The Kier molecular flexibility index (Phi) is 3.71. The van der Waals surface area contributed by atoms with E-state index in [2.05, 4.69) is 29.2 Å². The van der Waals surface area contributed by atoms with Gasteiger partial charge in [-0.05, 0) is 45.5 Å². The van der Waals surface area contributed by atoms with Gasteiger partial charge in [0.15, 0.2) is 11.5 Å². The molecule has 1 saturated carbocycles. The Morgan fingerprint density at radius 3 is 2.37 bits per heavy atom. The van der Waals surface area contributed by atoms with Crippen molar-refractivity contribution in [2.24, 2.45) is 0 Å². The number of carbonyl (C=O) groups is 1. The molecule has 1 heterocycles. The number of hydrogen-bond donors (Lipinski definition) is 1. The zero-order valence-electron chi connectivity index (χ0n) is 11.6. The molecule has 0 spiro atoms. The van der Waals surface area contributed by atoms with Crippen molar-refractivity contribution in [1.82, 2.24) is 15.1 Å². The standard InChI is InChI=1S/C13H20N4O2/c1-16(2)13(7-4-8-13)9-17(3)11-6-5-10(12(18)19)14-15-11/h5-6H,4,7-9H2,1-3H3,(H,18,19). The van der Waals surface area contributed by atoms with Crippen LogP contribution in [0.2, 0.25) is 0 Å². The molecule has 1 N–H and O–H groups in total. The average molecular weight is 264 g/mol. The summed E-state index contributed by atoms with van der Waals surface area (Å²) >= 11 is 0. The van der Waals surface area contributed by atoms with Crippen LogP contribution in [-0.4, -0.2) is 59.4 Å². The molecule has 1 aromatic rings. The molecule has 0 bridgehead atoms. The lowest BCUT2D eigenvalue weighted by Crippen LogP contribution is -2.56. The largest absolute Gasteiger partial charge is 0.476 e. The normalized spacial score (nSPS) is 17.1. The summed E-state index contributed by atoms with van der Waals surface area (Å²) in [6, 6.07) is 3.20. The maximum absolute atomic E-state index is 10.7. The number of aromatic carboxylic acids is 1. The minimum absolute atomic E-state index is 0.0249. The van der Waals surface area contributed by atoms with Gasteiger partial charge in [-0.25, -0.2) is 4.79 Å². The Morgan fingerprint density at radius 2 is 2.00 bits per heavy atom. The number of likely N-dealkylation sites (N-methyl/N-ethyl adjacent to an activating group) is 2. The molecule has 1 fully saturated rings. The predicted octanol–water partition coefficient (Wildman–Crippen LogP) is 1.10. The van der Waals surface area contributed by atoms with E-state index in [-0.39, 0.29) is 11.2 Å². The molecule has 19 heavy (non-hydrogen) atoms. The molecule has 1 aromatic heterocycles. The zero-order chi connectivity index (χ0) is 14.0. The van der Waals surface area contributed by atoms with Gasteiger partial charge in [-0.3, -0.25) is 0 Å². The summed E-state index contributed by atoms with van der Waals surface area (Å²) in [5.41, 5.74) is 0.185. The molecule has 104 valence electrons. The molecule has 6 nitrogen and oxygen atoms in total. The maximum Gasteiger partial charge on any atom is 0.356 e. The maximum atomic E-state index is 10.7. The Balaban J connectivity index is 2.07. The van der Waals surface area contributed by atoms with Crippen LogP contribution < -0.4 is 4.90 Å². The van der Waals surface area contributed by atoms with Gasteiger partial charge in [-0.2, -0.15) is 0 Å². The van der Waals surface area contributed by atoms with Crippen molar-refractivity contribution in [3.63, 3.8) is 0 Å². The molecule has 0 radical (unpaired) electrons. The summed E-state index contributed by atoms with van der Waals surface area (Å²) in [7, 11) is 6.17. The molecule has 0 saturated heterocycles. The van der Waals surface area contributed by atoms with Gasteiger partial charge in [0.25, 0.3) is 0 Å². The fraction of sp³-hybridized carbons (Fsp3) is 0.615. The van der Waals surface area contributed by atoms with Gasteiger partial charge in [0.2, 0.25) is 0 Å². The van der Waals surface area contributed by atoms with Crippen molar-refractivity contribution in [3.8, 4) is 0 Å². The van der Waals surface area contributed by atoms with Crippen molar-refractivity contribution in [1.29, 1.82) is 0 Å². The van der Waals surface area contributed by atoms with E-state index in [9.17, 15) is 4.79 Å². The van der Waals surface area contributed by atoms with Crippen molar-refractivity contribution < 1.29 is 9.90 Å². The number of aromatic nitrogens is 2. The Morgan fingerprint density at radius 1 is 1.32 bits per heavy atom. The van der Waals surface area contributed by atoms with E-state index in [0.29, 0.717) is 5.82 Å². The van der Waals surface area contributed by atoms with Crippen molar-refractivity contribution >= 4 is 11.8 Å². The highest BCUT2D eigenvalue weighted by Crippen LogP contribution is 2.37. The lowest BCUT2D eigenvalue weighted by Gasteiger charge is -2.49. The number of nitrogens with zero attached hydrogens (tertiary/aromatic N) is 4. The molecule has 0 amide bonds.